The van der Waals surface area contributed by atoms with Crippen molar-refractivity contribution in [2.24, 2.45) is 23.7 Å². The van der Waals surface area contributed by atoms with Crippen LogP contribution in [-0.2, 0) is 9.59 Å². The summed E-state index contributed by atoms with van der Waals surface area (Å²) in [5.74, 6) is -0.704. The molecule has 0 bridgehead atoms. The van der Waals surface area contributed by atoms with Crippen LogP contribution in [0.4, 0.5) is 0 Å². The van der Waals surface area contributed by atoms with Gasteiger partial charge in [0.15, 0.2) is 0 Å². The molecule has 0 aromatic carbocycles. The maximum atomic E-state index is 10.5. The van der Waals surface area contributed by atoms with Crippen LogP contribution < -0.4 is 0 Å². The third-order valence-electron chi connectivity index (χ3n) is 3.65. The number of hydrogen-bond donors (Lipinski definition) is 4. The molecule has 0 amide bonds. The number of aliphatic hydroxyl groups is 1. The Balaban J connectivity index is 0.000000191. The molecule has 2 unspecified atom stereocenters. The van der Waals surface area contributed by atoms with Crippen molar-refractivity contribution in [3.63, 3.8) is 0 Å². The number of rotatable bonds is 7. The molecule has 2 aliphatic carbocycles. The SMILES string of the molecule is O=C(O)C(CCS)C1CC1.O=C(O)C(CO)C1CC1. The Morgan fingerprint density at radius 2 is 1.42 bits per heavy atom. The second-order valence-electron chi connectivity index (χ2n) is 5.26. The van der Waals surface area contributed by atoms with Crippen molar-refractivity contribution in [3.05, 3.63) is 0 Å². The van der Waals surface area contributed by atoms with Gasteiger partial charge in [0.1, 0.15) is 0 Å². The summed E-state index contributed by atoms with van der Waals surface area (Å²) < 4.78 is 0. The molecular formula is C13H22O5S. The molecule has 2 aliphatic rings. The van der Waals surface area contributed by atoms with E-state index >= 15 is 0 Å². The summed E-state index contributed by atoms with van der Waals surface area (Å²) in [5, 5.41) is 25.6. The molecule has 19 heavy (non-hydrogen) atoms. The Hall–Kier alpha value is -0.750. The van der Waals surface area contributed by atoms with E-state index in [0.717, 1.165) is 32.1 Å². The van der Waals surface area contributed by atoms with Gasteiger partial charge in [-0.3, -0.25) is 9.59 Å². The summed E-state index contributed by atoms with van der Waals surface area (Å²) in [4.78, 5) is 20.8. The molecule has 3 N–H and O–H groups in total. The molecule has 6 heteroatoms. The lowest BCUT2D eigenvalue weighted by Gasteiger charge is -2.07. The van der Waals surface area contributed by atoms with E-state index in [4.69, 9.17) is 15.3 Å². The Bertz CT molecular complexity index is 312. The van der Waals surface area contributed by atoms with Crippen molar-refractivity contribution in [2.45, 2.75) is 32.1 Å². The fourth-order valence-corrected chi connectivity index (χ4v) is 2.40. The lowest BCUT2D eigenvalue weighted by Crippen LogP contribution is -2.19. The summed E-state index contributed by atoms with van der Waals surface area (Å²) >= 11 is 4.01. The highest BCUT2D eigenvalue weighted by Gasteiger charge is 2.35. The van der Waals surface area contributed by atoms with E-state index in [-0.39, 0.29) is 18.4 Å². The first-order valence-electron chi connectivity index (χ1n) is 6.68. The molecule has 0 radical (unpaired) electrons. The van der Waals surface area contributed by atoms with Crippen LogP contribution >= 0.6 is 12.6 Å². The summed E-state index contributed by atoms with van der Waals surface area (Å²) in [6.45, 7) is -0.208. The normalized spacial score (nSPS) is 20.9. The number of aliphatic carboxylic acids is 2. The van der Waals surface area contributed by atoms with Gasteiger partial charge < -0.3 is 15.3 Å². The topological polar surface area (TPSA) is 94.8 Å². The van der Waals surface area contributed by atoms with Gasteiger partial charge in [-0.1, -0.05) is 0 Å². The van der Waals surface area contributed by atoms with Crippen LogP contribution in [0, 0.1) is 23.7 Å². The zero-order valence-electron chi connectivity index (χ0n) is 10.9. The summed E-state index contributed by atoms with van der Waals surface area (Å²) in [5.41, 5.74) is 0. The summed E-state index contributed by atoms with van der Waals surface area (Å²) in [7, 11) is 0. The van der Waals surface area contributed by atoms with Crippen LogP contribution in [0.25, 0.3) is 0 Å². The molecular weight excluding hydrogens is 268 g/mol. The minimum Gasteiger partial charge on any atom is -0.481 e. The largest absolute Gasteiger partial charge is 0.481 e. The zero-order chi connectivity index (χ0) is 14.4. The van der Waals surface area contributed by atoms with Crippen molar-refractivity contribution in [2.75, 3.05) is 12.4 Å². The van der Waals surface area contributed by atoms with Crippen molar-refractivity contribution < 1.29 is 24.9 Å². The maximum Gasteiger partial charge on any atom is 0.309 e. The minimum absolute atomic E-state index is 0.113. The van der Waals surface area contributed by atoms with E-state index in [1.54, 1.807) is 0 Å². The third-order valence-corrected chi connectivity index (χ3v) is 3.91. The molecule has 5 nitrogen and oxygen atoms in total. The molecule has 2 saturated carbocycles. The number of carbonyl (C=O) groups is 2. The van der Waals surface area contributed by atoms with Gasteiger partial charge >= 0.3 is 11.9 Å². The van der Waals surface area contributed by atoms with Gasteiger partial charge in [0.25, 0.3) is 0 Å². The van der Waals surface area contributed by atoms with Crippen LogP contribution in [0.15, 0.2) is 0 Å². The molecule has 0 aromatic heterocycles. The molecule has 2 rings (SSSR count). The van der Waals surface area contributed by atoms with E-state index < -0.39 is 17.9 Å². The molecule has 2 fully saturated rings. The first-order valence-corrected chi connectivity index (χ1v) is 7.31. The Morgan fingerprint density at radius 3 is 1.63 bits per heavy atom. The highest BCUT2D eigenvalue weighted by molar-refractivity contribution is 7.80. The predicted octanol–water partition coefficient (Wildman–Crippen LogP) is 1.51. The fraction of sp³-hybridized carbons (Fsp3) is 0.846. The number of carboxylic acid groups (broad SMARTS) is 2. The Morgan fingerprint density at radius 1 is 1.00 bits per heavy atom. The van der Waals surface area contributed by atoms with Crippen molar-refractivity contribution in [3.8, 4) is 0 Å². The number of thiol groups is 1. The van der Waals surface area contributed by atoms with Gasteiger partial charge in [0.05, 0.1) is 18.4 Å². The van der Waals surface area contributed by atoms with E-state index in [1.165, 1.54) is 0 Å². The third kappa shape index (κ3) is 5.82. The monoisotopic (exact) mass is 290 g/mol. The smallest absolute Gasteiger partial charge is 0.309 e. The van der Waals surface area contributed by atoms with Crippen molar-refractivity contribution in [1.29, 1.82) is 0 Å². The molecule has 0 spiro atoms. The molecule has 110 valence electrons. The van der Waals surface area contributed by atoms with Crippen LogP contribution in [0.1, 0.15) is 32.1 Å². The highest BCUT2D eigenvalue weighted by Crippen LogP contribution is 2.38. The quantitative estimate of drug-likeness (QED) is 0.533. The molecule has 0 heterocycles. The first-order chi connectivity index (χ1) is 9.01. The summed E-state index contributed by atoms with van der Waals surface area (Å²) in [6, 6.07) is 0. The van der Waals surface area contributed by atoms with Crippen LogP contribution in [0.2, 0.25) is 0 Å². The average molecular weight is 290 g/mol. The Labute approximate surface area is 118 Å². The van der Waals surface area contributed by atoms with Crippen LogP contribution in [0.5, 0.6) is 0 Å². The standard InChI is InChI=1S/C7H12O2S.C6H10O3/c8-7(9)6(3-4-10)5-1-2-5;7-3-5(6(8)9)4-1-2-4/h5-6,10H,1-4H2,(H,8,9);4-5,7H,1-3H2,(H,8,9). The van der Waals surface area contributed by atoms with Gasteiger partial charge in [-0.25, -0.2) is 0 Å². The van der Waals surface area contributed by atoms with Crippen LogP contribution in [0.3, 0.4) is 0 Å². The van der Waals surface area contributed by atoms with E-state index in [9.17, 15) is 9.59 Å². The number of aliphatic hydroxyl groups excluding tert-OH is 1. The van der Waals surface area contributed by atoms with Crippen LogP contribution in [-0.4, -0.2) is 39.6 Å². The lowest BCUT2D eigenvalue weighted by atomic mass is 10.0. The van der Waals surface area contributed by atoms with Gasteiger partial charge in [-0.15, -0.1) is 0 Å². The Kier molecular flexibility index (Phi) is 6.65. The minimum atomic E-state index is -0.861. The van der Waals surface area contributed by atoms with Crippen molar-refractivity contribution >= 4 is 24.6 Å². The second-order valence-corrected chi connectivity index (χ2v) is 5.71. The molecule has 0 saturated heterocycles. The van der Waals surface area contributed by atoms with Gasteiger partial charge in [0, 0.05) is 0 Å². The first kappa shape index (κ1) is 16.3. The highest BCUT2D eigenvalue weighted by atomic mass is 32.1. The zero-order valence-corrected chi connectivity index (χ0v) is 11.8. The van der Waals surface area contributed by atoms with Crippen molar-refractivity contribution in [1.82, 2.24) is 0 Å². The van der Waals surface area contributed by atoms with Gasteiger partial charge in [-0.2, -0.15) is 12.6 Å². The fourth-order valence-electron chi connectivity index (χ4n) is 2.13. The number of carboxylic acids is 2. The summed E-state index contributed by atoms with van der Waals surface area (Å²) in [6.07, 6.45) is 4.87. The maximum absolute atomic E-state index is 10.5. The average Bonchev–Trinajstić information content (AvgIpc) is 3.18. The lowest BCUT2D eigenvalue weighted by molar-refractivity contribution is -0.144. The molecule has 2 atom stereocenters. The van der Waals surface area contributed by atoms with Gasteiger partial charge in [0.2, 0.25) is 0 Å². The number of hydrogen-bond acceptors (Lipinski definition) is 4. The molecule has 0 aliphatic heterocycles. The second kappa shape index (κ2) is 7.75. The van der Waals surface area contributed by atoms with E-state index in [0.29, 0.717) is 11.7 Å². The van der Waals surface area contributed by atoms with E-state index in [2.05, 4.69) is 12.6 Å². The van der Waals surface area contributed by atoms with E-state index in [1.807, 2.05) is 0 Å². The van der Waals surface area contributed by atoms with Gasteiger partial charge in [-0.05, 0) is 49.7 Å². The predicted molar refractivity (Wildman–Crippen MR) is 73.3 cm³/mol. The molecule has 0 aromatic rings.